The molecule has 0 bridgehead atoms. The second-order valence-corrected chi connectivity index (χ2v) is 10.7. The molecule has 212 valence electrons. The molecule has 0 N–H and O–H groups in total. The average molecular weight is 610 g/mol. The third-order valence-corrected chi connectivity index (χ3v) is 7.60. The zero-order chi connectivity index (χ0) is 29.6. The summed E-state index contributed by atoms with van der Waals surface area (Å²) in [4.78, 5) is 36.0. The van der Waals surface area contributed by atoms with Crippen molar-refractivity contribution in [2.75, 3.05) is 19.4 Å². The average Bonchev–Trinajstić information content (AvgIpc) is 2.98. The number of rotatable bonds is 11. The highest BCUT2D eigenvalue weighted by atomic mass is 35.5. The molecule has 0 radical (unpaired) electrons. The Balaban J connectivity index is 0.00000147. The fourth-order valence-electron chi connectivity index (χ4n) is 4.21. The van der Waals surface area contributed by atoms with Gasteiger partial charge in [0, 0.05) is 21.5 Å². The highest BCUT2D eigenvalue weighted by molar-refractivity contribution is 8.00. The van der Waals surface area contributed by atoms with E-state index in [-0.39, 0.29) is 24.3 Å². The van der Waals surface area contributed by atoms with Gasteiger partial charge in [-0.2, -0.15) is 4.91 Å². The van der Waals surface area contributed by atoms with Gasteiger partial charge in [-0.15, -0.1) is 11.8 Å². The van der Waals surface area contributed by atoms with Crippen LogP contribution in [0, 0.1) is 11.8 Å². The van der Waals surface area contributed by atoms with E-state index in [9.17, 15) is 9.59 Å². The lowest BCUT2D eigenvalue weighted by atomic mass is 9.96. The first-order valence-corrected chi connectivity index (χ1v) is 14.5. The Morgan fingerprint density at radius 3 is 2.10 bits per heavy atom. The summed E-state index contributed by atoms with van der Waals surface area (Å²) in [5.41, 5.74) is 3.74. The molecule has 1 amide bonds. The number of thioether (sulfide) groups is 1. The molecule has 0 aliphatic rings. The number of benzene rings is 4. The number of amides is 1. The first kappa shape index (κ1) is 31.9. The highest BCUT2D eigenvalue weighted by Crippen LogP contribution is 2.34. The molecular formula is C32H30Cl2N2O4S. The Kier molecular flexibility index (Phi) is 12.9. The Labute approximate surface area is 254 Å². The molecule has 0 fully saturated rings. The minimum Gasteiger partial charge on any atom is -0.486 e. The highest BCUT2D eigenvalue weighted by Gasteiger charge is 2.27. The maximum atomic E-state index is 14.0. The van der Waals surface area contributed by atoms with Crippen LogP contribution in [0.2, 0.25) is 10.0 Å². The molecule has 0 aliphatic carbocycles. The Bertz CT molecular complexity index is 1400. The second-order valence-electron chi connectivity index (χ2n) is 8.86. The normalized spacial score (nSPS) is 10.4. The molecule has 41 heavy (non-hydrogen) atoms. The van der Waals surface area contributed by atoms with E-state index in [0.717, 1.165) is 33.4 Å². The molecule has 0 aliphatic heterocycles. The molecule has 0 unspecified atom stereocenters. The molecule has 0 heterocycles. The van der Waals surface area contributed by atoms with E-state index >= 15 is 0 Å². The molecule has 0 spiro atoms. The number of aryl methyl sites for hydroxylation is 1. The third-order valence-electron chi connectivity index (χ3n) is 6.03. The van der Waals surface area contributed by atoms with Gasteiger partial charge in [-0.1, -0.05) is 95.1 Å². The number of halogens is 2. The van der Waals surface area contributed by atoms with Gasteiger partial charge in [-0.05, 0) is 59.5 Å². The first-order valence-electron chi connectivity index (χ1n) is 12.7. The molecule has 9 heteroatoms. The van der Waals surface area contributed by atoms with Crippen molar-refractivity contribution in [2.24, 2.45) is 5.18 Å². The van der Waals surface area contributed by atoms with Gasteiger partial charge in [0.25, 0.3) is 0 Å². The summed E-state index contributed by atoms with van der Waals surface area (Å²) < 4.78 is 5.45. The number of hydrogen-bond acceptors (Lipinski definition) is 6. The van der Waals surface area contributed by atoms with Crippen LogP contribution in [0.1, 0.15) is 28.3 Å². The molecule has 0 aromatic heterocycles. The van der Waals surface area contributed by atoms with Crippen molar-refractivity contribution in [3.63, 3.8) is 0 Å². The summed E-state index contributed by atoms with van der Waals surface area (Å²) >= 11 is 14.2. The number of nitroso groups, excluding NO2 is 1. The van der Waals surface area contributed by atoms with Gasteiger partial charge in [0.05, 0.1) is 18.8 Å². The lowest BCUT2D eigenvalue weighted by Gasteiger charge is -2.33. The van der Waals surface area contributed by atoms with Crippen LogP contribution in [0.15, 0.2) is 107 Å². The van der Waals surface area contributed by atoms with Crippen molar-refractivity contribution in [1.29, 1.82) is 0 Å². The van der Waals surface area contributed by atoms with Crippen LogP contribution >= 0.6 is 35.0 Å². The monoisotopic (exact) mass is 608 g/mol. The first-order chi connectivity index (χ1) is 19.9. The maximum Gasteiger partial charge on any atom is 0.234 e. The standard InChI is InChI=1S/C31H27Cl2NO3S.CH3NO/c1-22-18-27(14-15-29(22)37-17-16-35)38-21-30(36)34(20-25-12-13-26(32)19-28(25)33)31(23-8-4-2-5-9-23)24-10-6-3-7-11-24;1-2-3/h2-16,18-19,31H,17,20-21H2,1H3;1H3. The van der Waals surface area contributed by atoms with Gasteiger partial charge in [-0.25, -0.2) is 0 Å². The summed E-state index contributed by atoms with van der Waals surface area (Å²) in [6.07, 6.45) is 0.720. The number of ether oxygens (including phenoxy) is 1. The fraction of sp³-hybridized carbons (Fsp3) is 0.188. The maximum absolute atomic E-state index is 14.0. The van der Waals surface area contributed by atoms with Crippen LogP contribution in [0.4, 0.5) is 0 Å². The van der Waals surface area contributed by atoms with Gasteiger partial charge >= 0.3 is 0 Å². The lowest BCUT2D eigenvalue weighted by molar-refractivity contribution is -0.130. The smallest absolute Gasteiger partial charge is 0.234 e. The van der Waals surface area contributed by atoms with Gasteiger partial charge in [-0.3, -0.25) is 9.59 Å². The van der Waals surface area contributed by atoms with Crippen molar-refractivity contribution >= 4 is 47.2 Å². The fourth-order valence-corrected chi connectivity index (χ4v) is 5.55. The Morgan fingerprint density at radius 1 is 0.951 bits per heavy atom. The summed E-state index contributed by atoms with van der Waals surface area (Å²) in [5, 5.41) is 3.31. The van der Waals surface area contributed by atoms with Crippen LogP contribution in [0.25, 0.3) is 0 Å². The van der Waals surface area contributed by atoms with Crippen LogP contribution in [0.5, 0.6) is 5.75 Å². The quantitative estimate of drug-likeness (QED) is 0.0974. The zero-order valence-corrected chi connectivity index (χ0v) is 25.0. The van der Waals surface area contributed by atoms with Crippen LogP contribution in [-0.4, -0.2) is 36.5 Å². The molecule has 0 atom stereocenters. The minimum atomic E-state index is -0.307. The number of hydrogen-bond donors (Lipinski definition) is 0. The molecule has 4 aromatic carbocycles. The third kappa shape index (κ3) is 9.46. The number of carbonyl (C=O) groups excluding carboxylic acids is 2. The van der Waals surface area contributed by atoms with Crippen molar-refractivity contribution < 1.29 is 14.3 Å². The van der Waals surface area contributed by atoms with E-state index in [1.54, 1.807) is 12.1 Å². The molecular weight excluding hydrogens is 579 g/mol. The molecule has 0 saturated carbocycles. The number of carbonyl (C=O) groups is 2. The van der Waals surface area contributed by atoms with Gasteiger partial charge in [0.1, 0.15) is 12.4 Å². The van der Waals surface area contributed by atoms with Crippen molar-refractivity contribution in [3.8, 4) is 5.75 Å². The SMILES string of the molecule is CN=O.Cc1cc(SCC(=O)N(Cc2ccc(Cl)cc2Cl)C(c2ccccc2)c2ccccc2)ccc1OCC=O. The van der Waals surface area contributed by atoms with Crippen molar-refractivity contribution in [3.05, 3.63) is 134 Å². The minimum absolute atomic E-state index is 0.00833. The summed E-state index contributed by atoms with van der Waals surface area (Å²) in [5.74, 6) is 0.854. The largest absolute Gasteiger partial charge is 0.486 e. The Hall–Kier alpha value is -3.65. The van der Waals surface area contributed by atoms with Crippen LogP contribution in [-0.2, 0) is 16.1 Å². The zero-order valence-electron chi connectivity index (χ0n) is 22.7. The predicted octanol–water partition coefficient (Wildman–Crippen LogP) is 8.17. The van der Waals surface area contributed by atoms with E-state index in [0.29, 0.717) is 22.3 Å². The molecule has 4 aromatic rings. The molecule has 6 nitrogen and oxygen atoms in total. The Morgan fingerprint density at radius 2 is 1.56 bits per heavy atom. The van der Waals surface area contributed by atoms with E-state index in [1.807, 2.05) is 96.8 Å². The van der Waals surface area contributed by atoms with Crippen molar-refractivity contribution in [1.82, 2.24) is 4.90 Å². The lowest BCUT2D eigenvalue weighted by Crippen LogP contribution is -2.36. The topological polar surface area (TPSA) is 76.0 Å². The van der Waals surface area contributed by atoms with Gasteiger partial charge < -0.3 is 9.64 Å². The summed E-state index contributed by atoms with van der Waals surface area (Å²) in [7, 11) is 1.19. The van der Waals surface area contributed by atoms with Gasteiger partial charge in [0.2, 0.25) is 5.91 Å². The van der Waals surface area contributed by atoms with E-state index < -0.39 is 0 Å². The van der Waals surface area contributed by atoms with E-state index in [1.165, 1.54) is 18.8 Å². The molecule has 4 rings (SSSR count). The predicted molar refractivity (Wildman–Crippen MR) is 167 cm³/mol. The van der Waals surface area contributed by atoms with Crippen LogP contribution < -0.4 is 4.74 Å². The number of nitrogens with zero attached hydrogens (tertiary/aromatic N) is 2. The van der Waals surface area contributed by atoms with Crippen LogP contribution in [0.3, 0.4) is 0 Å². The summed E-state index contributed by atoms with van der Waals surface area (Å²) in [6.45, 7) is 2.25. The van der Waals surface area contributed by atoms with E-state index in [4.69, 9.17) is 32.8 Å². The number of aldehydes is 1. The second kappa shape index (κ2) is 16.6. The van der Waals surface area contributed by atoms with Crippen molar-refractivity contribution in [2.45, 2.75) is 24.4 Å². The molecule has 0 saturated heterocycles. The van der Waals surface area contributed by atoms with E-state index in [2.05, 4.69) is 5.18 Å². The summed E-state index contributed by atoms with van der Waals surface area (Å²) in [6, 6.07) is 30.7. The van der Waals surface area contributed by atoms with Gasteiger partial charge in [0.15, 0.2) is 6.29 Å².